The zero-order valence-electron chi connectivity index (χ0n) is 15.4. The van der Waals surface area contributed by atoms with E-state index in [0.717, 1.165) is 16.7 Å². The van der Waals surface area contributed by atoms with Gasteiger partial charge in [0.1, 0.15) is 5.75 Å². The molecule has 0 radical (unpaired) electrons. The zero-order valence-corrected chi connectivity index (χ0v) is 16.2. The molecule has 4 rings (SSSR count). The van der Waals surface area contributed by atoms with E-state index in [0.29, 0.717) is 28.6 Å². The molecule has 1 N–H and O–H groups in total. The van der Waals surface area contributed by atoms with Gasteiger partial charge in [0, 0.05) is 17.4 Å². The first-order chi connectivity index (χ1) is 13.5. The van der Waals surface area contributed by atoms with Crippen molar-refractivity contribution in [1.82, 2.24) is 4.98 Å². The highest BCUT2D eigenvalue weighted by Gasteiger charge is 2.31. The number of carbonyl (C=O) groups is 2. The summed E-state index contributed by atoms with van der Waals surface area (Å²) in [6, 6.07) is 13.0. The largest absolute Gasteiger partial charge is 0.496 e. The number of fused-ring (bicyclic) bond motifs is 1. The summed E-state index contributed by atoms with van der Waals surface area (Å²) in [4.78, 5) is 29.2. The first-order valence-corrected chi connectivity index (χ1v) is 9.63. The number of anilines is 1. The van der Waals surface area contributed by atoms with E-state index in [1.807, 2.05) is 42.6 Å². The van der Waals surface area contributed by atoms with Crippen LogP contribution in [0.2, 0.25) is 0 Å². The third kappa shape index (κ3) is 3.48. The van der Waals surface area contributed by atoms with E-state index in [1.165, 1.54) is 11.3 Å². The van der Waals surface area contributed by atoms with Crippen molar-refractivity contribution in [2.75, 3.05) is 12.4 Å². The Hall–Kier alpha value is -3.19. The van der Waals surface area contributed by atoms with E-state index in [-0.39, 0.29) is 5.91 Å². The number of thiazole rings is 1. The summed E-state index contributed by atoms with van der Waals surface area (Å²) in [7, 11) is 1.61. The second-order valence-electron chi connectivity index (χ2n) is 6.49. The van der Waals surface area contributed by atoms with Crippen LogP contribution in [0.1, 0.15) is 21.5 Å². The topological polar surface area (TPSA) is 77.5 Å². The van der Waals surface area contributed by atoms with Gasteiger partial charge in [-0.05, 0) is 30.7 Å². The number of carbonyl (C=O) groups excluding carboxylic acids is 2. The number of benzene rings is 2. The van der Waals surface area contributed by atoms with Gasteiger partial charge in [-0.15, -0.1) is 11.3 Å². The maximum atomic E-state index is 12.6. The summed E-state index contributed by atoms with van der Waals surface area (Å²) in [6.45, 7) is 1.99. The Kier molecular flexibility index (Phi) is 4.83. The standard InChI is InChI=1S/C21H18N2O4S/c1-12-7-8-17(26-2)15(9-12)16-11-28-21(22-16)23-19(24)18-10-13-5-3-4-6-14(13)20(25)27-18/h3-9,11,18H,10H2,1-2H3,(H,22,23,24)/t18-/m0/s1. The van der Waals surface area contributed by atoms with E-state index in [2.05, 4.69) is 10.3 Å². The Morgan fingerprint density at radius 2 is 2.07 bits per heavy atom. The Balaban J connectivity index is 1.51. The van der Waals surface area contributed by atoms with Gasteiger partial charge in [0.15, 0.2) is 11.2 Å². The van der Waals surface area contributed by atoms with Crippen LogP contribution in [0.5, 0.6) is 5.75 Å². The molecular weight excluding hydrogens is 376 g/mol. The lowest BCUT2D eigenvalue weighted by Gasteiger charge is -2.23. The summed E-state index contributed by atoms with van der Waals surface area (Å²) in [5.74, 6) is -0.155. The molecule has 0 aliphatic carbocycles. The zero-order chi connectivity index (χ0) is 19.7. The van der Waals surface area contributed by atoms with Crippen molar-refractivity contribution >= 4 is 28.3 Å². The first kappa shape index (κ1) is 18.2. The average molecular weight is 394 g/mol. The number of cyclic esters (lactones) is 1. The minimum atomic E-state index is -0.872. The van der Waals surface area contributed by atoms with Crippen molar-refractivity contribution in [3.63, 3.8) is 0 Å². The number of nitrogens with one attached hydrogen (secondary N) is 1. The molecule has 1 aliphatic heterocycles. The van der Waals surface area contributed by atoms with Gasteiger partial charge in [-0.25, -0.2) is 9.78 Å². The number of hydrogen-bond acceptors (Lipinski definition) is 6. The Morgan fingerprint density at radius 3 is 2.89 bits per heavy atom. The van der Waals surface area contributed by atoms with E-state index in [9.17, 15) is 9.59 Å². The summed E-state index contributed by atoms with van der Waals surface area (Å²) >= 11 is 1.31. The van der Waals surface area contributed by atoms with Gasteiger partial charge < -0.3 is 9.47 Å². The van der Waals surface area contributed by atoms with Gasteiger partial charge in [-0.2, -0.15) is 0 Å². The fourth-order valence-corrected chi connectivity index (χ4v) is 3.85. The molecule has 0 fully saturated rings. The summed E-state index contributed by atoms with van der Waals surface area (Å²) in [5.41, 5.74) is 3.98. The monoisotopic (exact) mass is 394 g/mol. The summed E-state index contributed by atoms with van der Waals surface area (Å²) in [6.07, 6.45) is -0.527. The number of hydrogen-bond donors (Lipinski definition) is 1. The van der Waals surface area contributed by atoms with Gasteiger partial charge in [0.2, 0.25) is 0 Å². The molecule has 142 valence electrons. The van der Waals surface area contributed by atoms with Crippen LogP contribution in [0.3, 0.4) is 0 Å². The number of nitrogens with zero attached hydrogens (tertiary/aromatic N) is 1. The number of aryl methyl sites for hydroxylation is 1. The van der Waals surface area contributed by atoms with E-state index in [4.69, 9.17) is 9.47 Å². The lowest BCUT2D eigenvalue weighted by atomic mass is 9.98. The number of amides is 1. The van der Waals surface area contributed by atoms with Gasteiger partial charge in [-0.3, -0.25) is 10.1 Å². The second kappa shape index (κ2) is 7.44. The molecule has 1 aliphatic rings. The molecule has 1 atom stereocenters. The third-order valence-electron chi connectivity index (χ3n) is 4.55. The van der Waals surface area contributed by atoms with Crippen LogP contribution in [0.15, 0.2) is 47.8 Å². The molecule has 1 aromatic heterocycles. The molecule has 1 amide bonds. The smallest absolute Gasteiger partial charge is 0.339 e. The Bertz CT molecular complexity index is 1060. The highest BCUT2D eigenvalue weighted by Crippen LogP contribution is 2.33. The maximum Gasteiger partial charge on any atom is 0.339 e. The number of aromatic nitrogens is 1. The SMILES string of the molecule is COc1ccc(C)cc1-c1csc(NC(=O)[C@@H]2Cc3ccccc3C(=O)O2)n1. The molecule has 7 heteroatoms. The highest BCUT2D eigenvalue weighted by molar-refractivity contribution is 7.14. The van der Waals surface area contributed by atoms with Crippen LogP contribution in [-0.4, -0.2) is 30.1 Å². The van der Waals surface area contributed by atoms with Crippen LogP contribution in [-0.2, 0) is 16.0 Å². The van der Waals surface area contributed by atoms with E-state index < -0.39 is 12.1 Å². The van der Waals surface area contributed by atoms with Crippen LogP contribution in [0, 0.1) is 6.92 Å². The van der Waals surface area contributed by atoms with Crippen LogP contribution >= 0.6 is 11.3 Å². The molecule has 0 saturated heterocycles. The lowest BCUT2D eigenvalue weighted by Crippen LogP contribution is -2.37. The Labute approximate surface area is 166 Å². The number of esters is 1. The van der Waals surface area contributed by atoms with Gasteiger partial charge in [0.25, 0.3) is 5.91 Å². The van der Waals surface area contributed by atoms with Crippen molar-refractivity contribution < 1.29 is 19.1 Å². The fourth-order valence-electron chi connectivity index (χ4n) is 3.14. The van der Waals surface area contributed by atoms with Gasteiger partial charge >= 0.3 is 5.97 Å². The van der Waals surface area contributed by atoms with Crippen molar-refractivity contribution in [2.45, 2.75) is 19.4 Å². The molecule has 0 unspecified atom stereocenters. The molecule has 0 spiro atoms. The molecule has 3 aromatic rings. The minimum absolute atomic E-state index is 0.345. The van der Waals surface area contributed by atoms with Crippen molar-refractivity contribution in [1.29, 1.82) is 0 Å². The molecule has 2 heterocycles. The fraction of sp³-hybridized carbons (Fsp3) is 0.190. The maximum absolute atomic E-state index is 12.6. The predicted molar refractivity (Wildman–Crippen MR) is 107 cm³/mol. The van der Waals surface area contributed by atoms with Crippen molar-refractivity contribution in [3.8, 4) is 17.0 Å². The second-order valence-corrected chi connectivity index (χ2v) is 7.34. The molecule has 0 saturated carbocycles. The van der Waals surface area contributed by atoms with Crippen molar-refractivity contribution in [3.05, 3.63) is 64.5 Å². The third-order valence-corrected chi connectivity index (χ3v) is 5.31. The Morgan fingerprint density at radius 1 is 1.25 bits per heavy atom. The van der Waals surface area contributed by atoms with Gasteiger partial charge in [-0.1, -0.05) is 29.8 Å². The first-order valence-electron chi connectivity index (χ1n) is 8.75. The quantitative estimate of drug-likeness (QED) is 0.680. The van der Waals surface area contributed by atoms with Gasteiger partial charge in [0.05, 0.1) is 18.4 Å². The van der Waals surface area contributed by atoms with E-state index in [1.54, 1.807) is 19.2 Å². The van der Waals surface area contributed by atoms with Crippen LogP contribution in [0.4, 0.5) is 5.13 Å². The summed E-state index contributed by atoms with van der Waals surface area (Å²) in [5, 5.41) is 5.05. The lowest BCUT2D eigenvalue weighted by molar-refractivity contribution is -0.125. The average Bonchev–Trinajstić information content (AvgIpc) is 3.16. The minimum Gasteiger partial charge on any atom is -0.496 e. The number of methoxy groups -OCH3 is 1. The van der Waals surface area contributed by atoms with Crippen LogP contribution < -0.4 is 10.1 Å². The highest BCUT2D eigenvalue weighted by atomic mass is 32.1. The van der Waals surface area contributed by atoms with E-state index >= 15 is 0 Å². The molecular formula is C21H18N2O4S. The van der Waals surface area contributed by atoms with Crippen molar-refractivity contribution in [2.24, 2.45) is 0 Å². The molecule has 0 bridgehead atoms. The molecule has 28 heavy (non-hydrogen) atoms. The molecule has 6 nitrogen and oxygen atoms in total. The number of ether oxygens (including phenoxy) is 2. The summed E-state index contributed by atoms with van der Waals surface area (Å²) < 4.78 is 10.7. The van der Waals surface area contributed by atoms with Crippen LogP contribution in [0.25, 0.3) is 11.3 Å². The number of rotatable bonds is 4. The molecule has 2 aromatic carbocycles. The normalized spacial score (nSPS) is 15.5. The predicted octanol–water partition coefficient (Wildman–Crippen LogP) is 3.85.